The number of carbonyl (C=O) groups is 1. The molecular weight excluding hydrogens is 342 g/mol. The summed E-state index contributed by atoms with van der Waals surface area (Å²) in [5.41, 5.74) is 6.17. The van der Waals surface area contributed by atoms with Gasteiger partial charge >= 0.3 is 0 Å². The predicted molar refractivity (Wildman–Crippen MR) is 99.7 cm³/mol. The van der Waals surface area contributed by atoms with Crippen LogP contribution in [0.2, 0.25) is 0 Å². The molecule has 126 valence electrons. The minimum atomic E-state index is -0.413. The predicted octanol–water partition coefficient (Wildman–Crippen LogP) is 3.32. The van der Waals surface area contributed by atoms with Gasteiger partial charge in [0.2, 0.25) is 5.91 Å². The van der Waals surface area contributed by atoms with E-state index in [4.69, 9.17) is 10.7 Å². The lowest BCUT2D eigenvalue weighted by molar-refractivity contribution is -0.118. The Morgan fingerprint density at radius 3 is 2.83 bits per heavy atom. The second-order valence-electron chi connectivity index (χ2n) is 5.64. The molecule has 0 unspecified atom stereocenters. The van der Waals surface area contributed by atoms with Crippen molar-refractivity contribution in [2.45, 2.75) is 39.7 Å². The Hall–Kier alpha value is -1.99. The van der Waals surface area contributed by atoms with Crippen molar-refractivity contribution in [3.63, 3.8) is 0 Å². The quantitative estimate of drug-likeness (QED) is 0.731. The van der Waals surface area contributed by atoms with Crippen molar-refractivity contribution < 1.29 is 4.79 Å². The average molecular weight is 361 g/mol. The maximum absolute atomic E-state index is 13.1. The van der Waals surface area contributed by atoms with E-state index in [0.29, 0.717) is 11.8 Å². The van der Waals surface area contributed by atoms with E-state index < -0.39 is 5.91 Å². The topological polar surface area (TPSA) is 78.0 Å². The standard InChI is InChI=1S/C17H19N3O2S2/c1-3-5-13-19-16-15(17(22)20(13)8-7-12(18)21)14(10(2)24-16)11-6-4-9-23-11/h4,6,9H,3,5,7-8H2,1-2H3,(H2,18,21). The lowest BCUT2D eigenvalue weighted by Crippen LogP contribution is -2.27. The van der Waals surface area contributed by atoms with E-state index in [0.717, 1.165) is 32.4 Å². The summed E-state index contributed by atoms with van der Waals surface area (Å²) in [5, 5.41) is 2.66. The zero-order valence-electron chi connectivity index (χ0n) is 13.7. The number of carbonyl (C=O) groups excluding carboxylic acids is 1. The van der Waals surface area contributed by atoms with E-state index in [1.54, 1.807) is 27.2 Å². The van der Waals surface area contributed by atoms with Gasteiger partial charge in [-0.2, -0.15) is 0 Å². The van der Waals surface area contributed by atoms with Gasteiger partial charge in [0.05, 0.1) is 5.39 Å². The first-order valence-corrected chi connectivity index (χ1v) is 9.57. The molecule has 2 N–H and O–H groups in total. The molecule has 7 heteroatoms. The highest BCUT2D eigenvalue weighted by molar-refractivity contribution is 7.20. The molecule has 0 spiro atoms. The van der Waals surface area contributed by atoms with E-state index in [9.17, 15) is 9.59 Å². The number of amides is 1. The molecule has 0 aliphatic carbocycles. The van der Waals surface area contributed by atoms with Crippen LogP contribution in [0, 0.1) is 6.92 Å². The van der Waals surface area contributed by atoms with Crippen LogP contribution in [0.15, 0.2) is 22.3 Å². The first-order chi connectivity index (χ1) is 11.5. The number of fused-ring (bicyclic) bond motifs is 1. The summed E-state index contributed by atoms with van der Waals surface area (Å²) >= 11 is 3.17. The summed E-state index contributed by atoms with van der Waals surface area (Å²) in [4.78, 5) is 32.0. The van der Waals surface area contributed by atoms with Gasteiger partial charge in [-0.15, -0.1) is 22.7 Å². The lowest BCUT2D eigenvalue weighted by atomic mass is 10.1. The second-order valence-corrected chi connectivity index (χ2v) is 7.79. The van der Waals surface area contributed by atoms with Crippen LogP contribution in [-0.2, 0) is 17.8 Å². The molecule has 5 nitrogen and oxygen atoms in total. The van der Waals surface area contributed by atoms with Crippen LogP contribution in [0.1, 0.15) is 30.5 Å². The highest BCUT2D eigenvalue weighted by Crippen LogP contribution is 2.37. The molecule has 24 heavy (non-hydrogen) atoms. The third-order valence-electron chi connectivity index (χ3n) is 3.89. The van der Waals surface area contributed by atoms with Crippen LogP contribution in [0.25, 0.3) is 20.7 Å². The molecule has 3 heterocycles. The van der Waals surface area contributed by atoms with E-state index in [2.05, 4.69) is 0 Å². The van der Waals surface area contributed by atoms with Crippen molar-refractivity contribution in [3.05, 3.63) is 38.6 Å². The molecule has 1 amide bonds. The third-order valence-corrected chi connectivity index (χ3v) is 5.78. The summed E-state index contributed by atoms with van der Waals surface area (Å²) in [5.74, 6) is 0.319. The smallest absolute Gasteiger partial charge is 0.262 e. The zero-order chi connectivity index (χ0) is 17.3. The number of aryl methyl sites for hydroxylation is 2. The first-order valence-electron chi connectivity index (χ1n) is 7.88. The largest absolute Gasteiger partial charge is 0.370 e. The molecule has 0 fully saturated rings. The number of thiophene rings is 2. The van der Waals surface area contributed by atoms with Crippen LogP contribution in [0.5, 0.6) is 0 Å². The SMILES string of the molecule is CCCc1nc2sc(C)c(-c3cccs3)c2c(=O)n1CCC(N)=O. The molecule has 0 saturated carbocycles. The Labute approximate surface area is 147 Å². The van der Waals surface area contributed by atoms with Gasteiger partial charge in [-0.3, -0.25) is 14.2 Å². The van der Waals surface area contributed by atoms with E-state index in [1.807, 2.05) is 31.4 Å². The molecule has 3 rings (SSSR count). The summed E-state index contributed by atoms with van der Waals surface area (Å²) < 4.78 is 1.62. The molecule has 0 aromatic carbocycles. The number of primary amides is 1. The third kappa shape index (κ3) is 3.01. The monoisotopic (exact) mass is 361 g/mol. The van der Waals surface area contributed by atoms with Crippen LogP contribution in [0.3, 0.4) is 0 Å². The van der Waals surface area contributed by atoms with Crippen molar-refractivity contribution in [2.75, 3.05) is 0 Å². The van der Waals surface area contributed by atoms with Gasteiger partial charge in [0, 0.05) is 34.7 Å². The Morgan fingerprint density at radius 2 is 2.21 bits per heavy atom. The Morgan fingerprint density at radius 1 is 1.42 bits per heavy atom. The molecule has 0 radical (unpaired) electrons. The van der Waals surface area contributed by atoms with Crippen molar-refractivity contribution in [1.82, 2.24) is 9.55 Å². The summed E-state index contributed by atoms with van der Waals surface area (Å²) in [6.45, 7) is 4.35. The first kappa shape index (κ1) is 16.9. The van der Waals surface area contributed by atoms with Gasteiger partial charge in [0.1, 0.15) is 10.7 Å². The molecule has 0 aliphatic rings. The molecule has 0 aliphatic heterocycles. The second kappa shape index (κ2) is 6.86. The Kier molecular flexibility index (Phi) is 4.82. The number of hydrogen-bond acceptors (Lipinski definition) is 5. The van der Waals surface area contributed by atoms with Gasteiger partial charge in [-0.05, 0) is 24.8 Å². The molecule has 3 aromatic heterocycles. The van der Waals surface area contributed by atoms with Crippen LogP contribution in [0.4, 0.5) is 0 Å². The molecule has 0 bridgehead atoms. The van der Waals surface area contributed by atoms with Crippen molar-refractivity contribution in [3.8, 4) is 10.4 Å². The van der Waals surface area contributed by atoms with Gasteiger partial charge < -0.3 is 5.73 Å². The number of nitrogens with two attached hydrogens (primary N) is 1. The highest BCUT2D eigenvalue weighted by Gasteiger charge is 2.20. The number of hydrogen-bond donors (Lipinski definition) is 1. The van der Waals surface area contributed by atoms with E-state index in [-0.39, 0.29) is 18.5 Å². The summed E-state index contributed by atoms with van der Waals surface area (Å²) in [7, 11) is 0. The average Bonchev–Trinajstić information content (AvgIpc) is 3.13. The molecule has 0 saturated heterocycles. The Balaban J connectivity index is 2.26. The van der Waals surface area contributed by atoms with Crippen LogP contribution >= 0.6 is 22.7 Å². The van der Waals surface area contributed by atoms with Crippen molar-refractivity contribution in [1.29, 1.82) is 0 Å². The van der Waals surface area contributed by atoms with Gasteiger partial charge in [-0.1, -0.05) is 13.0 Å². The summed E-state index contributed by atoms with van der Waals surface area (Å²) in [6.07, 6.45) is 1.73. The van der Waals surface area contributed by atoms with Crippen LogP contribution in [-0.4, -0.2) is 15.5 Å². The van der Waals surface area contributed by atoms with Crippen LogP contribution < -0.4 is 11.3 Å². The highest BCUT2D eigenvalue weighted by atomic mass is 32.1. The fourth-order valence-electron chi connectivity index (χ4n) is 2.82. The van der Waals surface area contributed by atoms with Crippen molar-refractivity contribution >= 4 is 38.8 Å². The maximum Gasteiger partial charge on any atom is 0.262 e. The molecular formula is C17H19N3O2S2. The van der Waals surface area contributed by atoms with E-state index in [1.165, 1.54) is 0 Å². The van der Waals surface area contributed by atoms with Gasteiger partial charge in [0.15, 0.2) is 0 Å². The van der Waals surface area contributed by atoms with Gasteiger partial charge in [0.25, 0.3) is 5.56 Å². The fraction of sp³-hybridized carbons (Fsp3) is 0.353. The minimum absolute atomic E-state index is 0.0718. The summed E-state index contributed by atoms with van der Waals surface area (Å²) in [6, 6.07) is 4.00. The Bertz CT molecular complexity index is 939. The molecule has 3 aromatic rings. The number of nitrogens with zero attached hydrogens (tertiary/aromatic N) is 2. The lowest BCUT2D eigenvalue weighted by Gasteiger charge is -2.11. The number of aromatic nitrogens is 2. The fourth-order valence-corrected chi connectivity index (χ4v) is 4.77. The number of rotatable bonds is 6. The van der Waals surface area contributed by atoms with Gasteiger partial charge in [-0.25, -0.2) is 4.98 Å². The normalized spacial score (nSPS) is 11.2. The van der Waals surface area contributed by atoms with Crippen molar-refractivity contribution in [2.24, 2.45) is 5.73 Å². The molecule has 0 atom stereocenters. The zero-order valence-corrected chi connectivity index (χ0v) is 15.3. The van der Waals surface area contributed by atoms with E-state index >= 15 is 0 Å². The minimum Gasteiger partial charge on any atom is -0.370 e. The maximum atomic E-state index is 13.1.